The summed E-state index contributed by atoms with van der Waals surface area (Å²) in [4.78, 5) is 4.97. The van der Waals surface area contributed by atoms with Crippen LogP contribution in [0.15, 0.2) is 0 Å². The van der Waals surface area contributed by atoms with E-state index in [2.05, 4.69) is 9.80 Å². The second-order valence-corrected chi connectivity index (χ2v) is 11.7. The van der Waals surface area contributed by atoms with E-state index in [1.165, 1.54) is 77.5 Å². The molecule has 2 aliphatic carbocycles. The van der Waals surface area contributed by atoms with Crippen LogP contribution in [0.2, 0.25) is 0 Å². The Labute approximate surface area is 165 Å². The third-order valence-corrected chi connectivity index (χ3v) is 10.3. The average molecular weight is 401 g/mol. The summed E-state index contributed by atoms with van der Waals surface area (Å²) >= 11 is 11.5. The largest absolute Gasteiger partial charge is 0.356 e. The lowest BCUT2D eigenvalue weighted by molar-refractivity contribution is 0.326. The highest BCUT2D eigenvalue weighted by Gasteiger charge is 2.32. The normalized spacial score (nSPS) is 35.7. The smallest absolute Gasteiger partial charge is 0.147 e. The van der Waals surface area contributed by atoms with Gasteiger partial charge in [-0.15, -0.1) is 0 Å². The molecule has 0 aromatic carbocycles. The van der Waals surface area contributed by atoms with Gasteiger partial charge in [0.1, 0.15) is 8.64 Å². The van der Waals surface area contributed by atoms with Gasteiger partial charge in [-0.05, 0) is 96.6 Å². The van der Waals surface area contributed by atoms with E-state index in [1.54, 1.807) is 21.6 Å². The van der Waals surface area contributed by atoms with E-state index in [9.17, 15) is 0 Å². The second-order valence-electron chi connectivity index (χ2n) is 8.28. The van der Waals surface area contributed by atoms with Crippen LogP contribution < -0.4 is 0 Å². The molecule has 0 aromatic heterocycles. The highest BCUT2D eigenvalue weighted by Crippen LogP contribution is 2.39. The van der Waals surface area contributed by atoms with Crippen LogP contribution in [0, 0.1) is 23.7 Å². The summed E-state index contributed by atoms with van der Waals surface area (Å²) in [6.07, 6.45) is 11.3. The molecule has 24 heavy (non-hydrogen) atoms. The molecule has 2 nitrogen and oxygen atoms in total. The summed E-state index contributed by atoms with van der Waals surface area (Å²) in [6, 6.07) is 0. The number of fused-ring (bicyclic) bond motifs is 8. The second kappa shape index (κ2) is 8.01. The Kier molecular flexibility index (Phi) is 5.97. The fraction of sp³-hybridized carbons (Fsp3) is 0.889. The van der Waals surface area contributed by atoms with Crippen molar-refractivity contribution in [1.82, 2.24) is 9.80 Å². The molecule has 0 N–H and O–H groups in total. The van der Waals surface area contributed by atoms with E-state index >= 15 is 0 Å². The van der Waals surface area contributed by atoms with Gasteiger partial charge in [-0.3, -0.25) is 0 Å². The third kappa shape index (κ3) is 4.24. The molecule has 4 aliphatic heterocycles. The van der Waals surface area contributed by atoms with Crippen molar-refractivity contribution in [1.29, 1.82) is 0 Å². The zero-order valence-electron chi connectivity index (χ0n) is 14.3. The molecule has 6 rings (SSSR count). The maximum absolute atomic E-state index is 5.76. The first kappa shape index (κ1) is 17.9. The predicted molar refractivity (Wildman–Crippen MR) is 114 cm³/mol. The van der Waals surface area contributed by atoms with Crippen LogP contribution in [0.5, 0.6) is 0 Å². The van der Waals surface area contributed by atoms with Gasteiger partial charge in [0.25, 0.3) is 0 Å². The lowest BCUT2D eigenvalue weighted by Gasteiger charge is -2.27. The Bertz CT molecular complexity index is 409. The van der Waals surface area contributed by atoms with Gasteiger partial charge in [0.2, 0.25) is 0 Å². The van der Waals surface area contributed by atoms with Crippen molar-refractivity contribution >= 4 is 54.7 Å². The highest BCUT2D eigenvalue weighted by atomic mass is 33.1. The van der Waals surface area contributed by atoms with E-state index in [1.807, 2.05) is 0 Å². The van der Waals surface area contributed by atoms with Crippen molar-refractivity contribution in [2.75, 3.05) is 26.2 Å². The van der Waals surface area contributed by atoms with E-state index in [4.69, 9.17) is 24.4 Å². The summed E-state index contributed by atoms with van der Waals surface area (Å²) in [5.74, 6) is 3.50. The standard InChI is InChI=1S/C18H28N2S4/c21-17(19-9-13-1-2-14(10-19)4-3-13)23-24-18(22)20-11-15-5-6-16(12-20)8-7-15/h13-16H,1-12H2. The van der Waals surface area contributed by atoms with Crippen LogP contribution in [0.25, 0.3) is 0 Å². The molecule has 0 unspecified atom stereocenters. The van der Waals surface area contributed by atoms with Gasteiger partial charge < -0.3 is 9.80 Å². The van der Waals surface area contributed by atoms with Crippen LogP contribution >= 0.6 is 46.0 Å². The maximum Gasteiger partial charge on any atom is 0.147 e. The minimum absolute atomic E-state index is 0.875. The SMILES string of the molecule is S=C(SSC(=S)N1CC2CCC(CC2)C1)N1CC2CCC(CC2)C1. The van der Waals surface area contributed by atoms with Crippen molar-refractivity contribution in [2.24, 2.45) is 23.7 Å². The minimum atomic E-state index is 0.875. The van der Waals surface area contributed by atoms with Crippen LogP contribution in [0.1, 0.15) is 51.4 Å². The average Bonchev–Trinajstić information content (AvgIpc) is 3.10. The molecular weight excluding hydrogens is 372 g/mol. The molecule has 4 saturated heterocycles. The topological polar surface area (TPSA) is 6.48 Å². The number of hydrogen-bond donors (Lipinski definition) is 0. The number of rotatable bonds is 0. The molecule has 6 aliphatic rings. The Balaban J connectivity index is 1.28. The summed E-state index contributed by atoms with van der Waals surface area (Å²) in [6.45, 7) is 4.74. The maximum atomic E-state index is 5.76. The molecule has 134 valence electrons. The minimum Gasteiger partial charge on any atom is -0.356 e. The van der Waals surface area contributed by atoms with Crippen LogP contribution in [-0.2, 0) is 0 Å². The van der Waals surface area contributed by atoms with E-state index < -0.39 is 0 Å². The first-order valence-corrected chi connectivity index (χ1v) is 12.6. The molecule has 4 bridgehead atoms. The van der Waals surface area contributed by atoms with Gasteiger partial charge in [0.15, 0.2) is 0 Å². The zero-order chi connectivity index (χ0) is 16.5. The fourth-order valence-electron chi connectivity index (χ4n) is 5.06. The molecule has 0 spiro atoms. The van der Waals surface area contributed by atoms with E-state index in [-0.39, 0.29) is 0 Å². The predicted octanol–water partition coefficient (Wildman–Crippen LogP) is 5.18. The molecule has 4 heterocycles. The van der Waals surface area contributed by atoms with Gasteiger partial charge in [-0.25, -0.2) is 0 Å². The number of nitrogens with zero attached hydrogens (tertiary/aromatic N) is 2. The van der Waals surface area contributed by atoms with E-state index in [0.717, 1.165) is 32.3 Å². The van der Waals surface area contributed by atoms with Gasteiger partial charge in [-0.1, -0.05) is 24.4 Å². The molecule has 2 saturated carbocycles. The first-order valence-electron chi connectivity index (χ1n) is 9.59. The lowest BCUT2D eigenvalue weighted by Crippen LogP contribution is -2.33. The summed E-state index contributed by atoms with van der Waals surface area (Å²) in [5.41, 5.74) is 0. The molecule has 0 aromatic rings. The van der Waals surface area contributed by atoms with Gasteiger partial charge in [-0.2, -0.15) is 0 Å². The molecule has 0 radical (unpaired) electrons. The third-order valence-electron chi connectivity index (χ3n) is 6.55. The van der Waals surface area contributed by atoms with Crippen LogP contribution in [0.4, 0.5) is 0 Å². The van der Waals surface area contributed by atoms with Crippen molar-refractivity contribution in [3.05, 3.63) is 0 Å². The summed E-state index contributed by atoms with van der Waals surface area (Å²) < 4.78 is 2.14. The van der Waals surface area contributed by atoms with Gasteiger partial charge in [0.05, 0.1) is 0 Å². The molecule has 6 heteroatoms. The Morgan fingerprint density at radius 2 is 0.792 bits per heavy atom. The summed E-state index contributed by atoms with van der Waals surface area (Å²) in [5, 5.41) is 0. The molecule has 6 fully saturated rings. The Hall–Kier alpha value is 0.480. The fourth-order valence-corrected chi connectivity index (χ4v) is 7.69. The van der Waals surface area contributed by atoms with Crippen molar-refractivity contribution in [2.45, 2.75) is 51.4 Å². The summed E-state index contributed by atoms with van der Waals surface area (Å²) in [7, 11) is 3.49. The molecule has 0 atom stereocenters. The lowest BCUT2D eigenvalue weighted by atomic mass is 9.84. The highest BCUT2D eigenvalue weighted by molar-refractivity contribution is 8.89. The zero-order valence-corrected chi connectivity index (χ0v) is 17.6. The Morgan fingerprint density at radius 1 is 0.542 bits per heavy atom. The Morgan fingerprint density at radius 3 is 1.04 bits per heavy atom. The van der Waals surface area contributed by atoms with Gasteiger partial charge in [0, 0.05) is 26.2 Å². The molecule has 0 amide bonds. The van der Waals surface area contributed by atoms with Crippen molar-refractivity contribution in [3.8, 4) is 0 Å². The number of thiocarbonyl (C=S) groups is 2. The number of hydrogen-bond acceptors (Lipinski definition) is 4. The van der Waals surface area contributed by atoms with Crippen LogP contribution in [0.3, 0.4) is 0 Å². The van der Waals surface area contributed by atoms with Crippen molar-refractivity contribution in [3.63, 3.8) is 0 Å². The van der Waals surface area contributed by atoms with E-state index in [0.29, 0.717) is 0 Å². The van der Waals surface area contributed by atoms with Gasteiger partial charge >= 0.3 is 0 Å². The monoisotopic (exact) mass is 400 g/mol. The molecular formula is C18H28N2S4. The van der Waals surface area contributed by atoms with Crippen molar-refractivity contribution < 1.29 is 0 Å². The first-order chi connectivity index (χ1) is 11.7. The quantitative estimate of drug-likeness (QED) is 0.405. The van der Waals surface area contributed by atoms with Crippen LogP contribution in [-0.4, -0.2) is 44.6 Å².